The van der Waals surface area contributed by atoms with Gasteiger partial charge in [-0.15, -0.1) is 24.5 Å². The Labute approximate surface area is 181 Å². The second kappa shape index (κ2) is 9.69. The maximum absolute atomic E-state index is 4.60. The van der Waals surface area contributed by atoms with Gasteiger partial charge in [0.2, 0.25) is 17.8 Å². The topological polar surface area (TPSA) is 69.2 Å². The number of benzene rings is 1. The number of piperazine rings is 1. The minimum atomic E-state index is 0.555. The summed E-state index contributed by atoms with van der Waals surface area (Å²) < 4.78 is 1.36. The van der Waals surface area contributed by atoms with Gasteiger partial charge < -0.3 is 15.5 Å². The van der Waals surface area contributed by atoms with Crippen molar-refractivity contribution >= 4 is 39.3 Å². The zero-order chi connectivity index (χ0) is 20.8. The highest BCUT2D eigenvalue weighted by Crippen LogP contribution is 2.26. The van der Waals surface area contributed by atoms with Crippen LogP contribution in [0.25, 0.3) is 10.1 Å². The first-order valence-corrected chi connectivity index (χ1v) is 11.0. The number of aromatic nitrogens is 3. The first-order valence-electron chi connectivity index (χ1n) is 10.2. The summed E-state index contributed by atoms with van der Waals surface area (Å²) in [6.07, 6.45) is 3.57. The minimum absolute atomic E-state index is 0.555. The molecule has 0 bridgehead atoms. The Morgan fingerprint density at radius 2 is 1.60 bits per heavy atom. The molecular weight excluding hydrogens is 394 g/mol. The maximum Gasteiger partial charge on any atom is 0.232 e. The lowest BCUT2D eigenvalue weighted by molar-refractivity contribution is 0.251. The van der Waals surface area contributed by atoms with Gasteiger partial charge in [-0.25, -0.2) is 0 Å². The fraction of sp³-hybridized carbons (Fsp3) is 0.318. The maximum atomic E-state index is 4.60. The summed E-state index contributed by atoms with van der Waals surface area (Å²) in [4.78, 5) is 19.8. The van der Waals surface area contributed by atoms with Crippen molar-refractivity contribution < 1.29 is 0 Å². The molecule has 0 radical (unpaired) electrons. The van der Waals surface area contributed by atoms with Crippen LogP contribution >= 0.6 is 11.3 Å². The molecule has 4 rings (SSSR count). The third-order valence-electron chi connectivity index (χ3n) is 4.94. The molecule has 3 aromatic rings. The quantitative estimate of drug-likeness (QED) is 0.512. The van der Waals surface area contributed by atoms with Gasteiger partial charge in [0.25, 0.3) is 0 Å². The first-order chi connectivity index (χ1) is 14.7. The van der Waals surface area contributed by atoms with Crippen LogP contribution in [-0.4, -0.2) is 59.1 Å². The Kier molecular flexibility index (Phi) is 6.56. The molecule has 0 amide bonds. The van der Waals surface area contributed by atoms with E-state index in [1.54, 1.807) is 12.2 Å². The monoisotopic (exact) mass is 421 g/mol. The summed E-state index contributed by atoms with van der Waals surface area (Å²) in [6.45, 7) is 13.4. The summed E-state index contributed by atoms with van der Waals surface area (Å²) in [5, 5.41) is 7.66. The Bertz CT molecular complexity index is 944. The highest BCUT2D eigenvalue weighted by atomic mass is 32.1. The lowest BCUT2D eigenvalue weighted by atomic mass is 10.2. The number of anilines is 3. The zero-order valence-electron chi connectivity index (χ0n) is 17.0. The third-order valence-corrected chi connectivity index (χ3v) is 6.04. The molecule has 156 valence electrons. The first kappa shape index (κ1) is 20.3. The van der Waals surface area contributed by atoms with Crippen LogP contribution in [0.2, 0.25) is 0 Å². The van der Waals surface area contributed by atoms with Gasteiger partial charge in [0.1, 0.15) is 0 Å². The van der Waals surface area contributed by atoms with E-state index < -0.39 is 0 Å². The summed E-state index contributed by atoms with van der Waals surface area (Å²) in [5.41, 5.74) is 0. The van der Waals surface area contributed by atoms with Crippen LogP contribution in [0.15, 0.2) is 55.6 Å². The second-order valence-corrected chi connectivity index (χ2v) is 8.30. The molecular formula is C22H27N7S. The van der Waals surface area contributed by atoms with Gasteiger partial charge in [-0.3, -0.25) is 4.90 Å². The van der Waals surface area contributed by atoms with E-state index in [9.17, 15) is 0 Å². The van der Waals surface area contributed by atoms with Crippen molar-refractivity contribution in [3.05, 3.63) is 60.5 Å². The summed E-state index contributed by atoms with van der Waals surface area (Å²) in [5.74, 6) is 1.81. The van der Waals surface area contributed by atoms with E-state index in [2.05, 4.69) is 78.9 Å². The number of rotatable bonds is 9. The smallest absolute Gasteiger partial charge is 0.232 e. The van der Waals surface area contributed by atoms with Crippen molar-refractivity contribution in [2.24, 2.45) is 0 Å². The number of fused-ring (bicyclic) bond motifs is 1. The molecule has 2 N–H and O–H groups in total. The Morgan fingerprint density at radius 3 is 2.23 bits per heavy atom. The molecule has 3 heterocycles. The summed E-state index contributed by atoms with van der Waals surface area (Å²) in [7, 11) is 0. The van der Waals surface area contributed by atoms with E-state index >= 15 is 0 Å². The highest BCUT2D eigenvalue weighted by Gasteiger charge is 2.21. The van der Waals surface area contributed by atoms with E-state index in [0.717, 1.165) is 32.7 Å². The van der Waals surface area contributed by atoms with Gasteiger partial charge in [0.05, 0.1) is 0 Å². The van der Waals surface area contributed by atoms with Gasteiger partial charge >= 0.3 is 0 Å². The molecule has 0 unspecified atom stereocenters. The van der Waals surface area contributed by atoms with Crippen LogP contribution in [0.1, 0.15) is 4.88 Å². The number of nitrogens with one attached hydrogen (secondary N) is 2. The number of hydrogen-bond donors (Lipinski definition) is 2. The molecule has 1 fully saturated rings. The minimum Gasteiger partial charge on any atom is -0.351 e. The molecule has 7 nitrogen and oxygen atoms in total. The van der Waals surface area contributed by atoms with Gasteiger partial charge in [-0.2, -0.15) is 15.0 Å². The second-order valence-electron chi connectivity index (χ2n) is 7.14. The van der Waals surface area contributed by atoms with Gasteiger partial charge in [-0.05, 0) is 17.5 Å². The Morgan fingerprint density at radius 1 is 0.933 bits per heavy atom. The third kappa shape index (κ3) is 4.95. The van der Waals surface area contributed by atoms with Crippen molar-refractivity contribution in [3.8, 4) is 0 Å². The van der Waals surface area contributed by atoms with E-state index in [4.69, 9.17) is 0 Å². The number of thiophene rings is 1. The van der Waals surface area contributed by atoms with Gasteiger partial charge in [0, 0.05) is 55.4 Å². The van der Waals surface area contributed by atoms with Crippen molar-refractivity contribution in [2.75, 3.05) is 54.8 Å². The fourth-order valence-corrected chi connectivity index (χ4v) is 4.54. The predicted octanol–water partition coefficient (Wildman–Crippen LogP) is 3.60. The van der Waals surface area contributed by atoms with Crippen molar-refractivity contribution in [3.63, 3.8) is 0 Å². The zero-order valence-corrected chi connectivity index (χ0v) is 17.9. The fourth-order valence-electron chi connectivity index (χ4n) is 3.43. The van der Waals surface area contributed by atoms with Crippen molar-refractivity contribution in [1.29, 1.82) is 0 Å². The highest BCUT2D eigenvalue weighted by molar-refractivity contribution is 7.19. The predicted molar refractivity (Wildman–Crippen MR) is 127 cm³/mol. The number of hydrogen-bond acceptors (Lipinski definition) is 8. The van der Waals surface area contributed by atoms with Crippen LogP contribution in [0.5, 0.6) is 0 Å². The molecule has 8 heteroatoms. The van der Waals surface area contributed by atoms with Gasteiger partial charge in [0.15, 0.2) is 0 Å². The lowest BCUT2D eigenvalue weighted by Crippen LogP contribution is -2.46. The van der Waals surface area contributed by atoms with E-state index in [1.807, 2.05) is 11.3 Å². The molecule has 1 aliphatic heterocycles. The van der Waals surface area contributed by atoms with Crippen LogP contribution in [0.4, 0.5) is 17.8 Å². The van der Waals surface area contributed by atoms with Crippen LogP contribution in [0, 0.1) is 0 Å². The largest absolute Gasteiger partial charge is 0.351 e. The van der Waals surface area contributed by atoms with Crippen LogP contribution in [0.3, 0.4) is 0 Å². The van der Waals surface area contributed by atoms with Crippen molar-refractivity contribution in [2.45, 2.75) is 6.54 Å². The molecule has 0 spiro atoms. The number of nitrogens with zero attached hydrogens (tertiary/aromatic N) is 5. The Hall–Kier alpha value is -2.97. The molecule has 1 aliphatic rings. The van der Waals surface area contributed by atoms with Crippen LogP contribution in [-0.2, 0) is 6.54 Å². The van der Waals surface area contributed by atoms with E-state index in [1.165, 1.54) is 15.0 Å². The standard InChI is InChI=1S/C22H27N7S/c1-3-9-23-20-25-21(24-10-4-2)27-22(26-20)29-13-11-28(12-14-29)16-18-15-17-7-5-6-8-19(17)30-18/h3-8,15H,1-2,9-14,16H2,(H2,23,24,25,26,27). The molecule has 1 aromatic carbocycles. The molecule has 2 aromatic heterocycles. The van der Waals surface area contributed by atoms with Gasteiger partial charge in [-0.1, -0.05) is 30.4 Å². The molecule has 0 aliphatic carbocycles. The average Bonchev–Trinajstić information content (AvgIpc) is 3.19. The molecule has 1 saturated heterocycles. The lowest BCUT2D eigenvalue weighted by Gasteiger charge is -2.34. The van der Waals surface area contributed by atoms with E-state index in [-0.39, 0.29) is 0 Å². The summed E-state index contributed by atoms with van der Waals surface area (Å²) >= 11 is 1.89. The summed E-state index contributed by atoms with van der Waals surface area (Å²) in [6, 6.07) is 10.9. The Balaban J connectivity index is 1.40. The van der Waals surface area contributed by atoms with Crippen molar-refractivity contribution in [1.82, 2.24) is 19.9 Å². The average molecular weight is 422 g/mol. The molecule has 30 heavy (non-hydrogen) atoms. The van der Waals surface area contributed by atoms with E-state index in [0.29, 0.717) is 30.9 Å². The SMILES string of the molecule is C=CCNc1nc(NCC=C)nc(N2CCN(Cc3cc4ccccc4s3)CC2)n1. The normalized spacial score (nSPS) is 14.6. The molecule has 0 atom stereocenters. The molecule has 0 saturated carbocycles. The van der Waals surface area contributed by atoms with Crippen LogP contribution < -0.4 is 15.5 Å².